The van der Waals surface area contributed by atoms with Crippen molar-refractivity contribution in [2.24, 2.45) is 0 Å². The second-order valence-corrected chi connectivity index (χ2v) is 5.78. The third-order valence-corrected chi connectivity index (χ3v) is 3.55. The van der Waals surface area contributed by atoms with Gasteiger partial charge in [0.25, 0.3) is 5.91 Å². The number of hydrogen-bond donors (Lipinski definition) is 2. The van der Waals surface area contributed by atoms with E-state index in [0.717, 1.165) is 22.4 Å². The van der Waals surface area contributed by atoms with Crippen molar-refractivity contribution in [1.82, 2.24) is 5.32 Å². The van der Waals surface area contributed by atoms with Crippen molar-refractivity contribution in [3.8, 4) is 5.75 Å². The molecule has 0 spiro atoms. The number of thiocarbonyl (C=S) groups is 1. The molecule has 0 fully saturated rings. The quantitative estimate of drug-likeness (QED) is 0.844. The fourth-order valence-electron chi connectivity index (χ4n) is 2.04. The smallest absolute Gasteiger partial charge is 0.264 e. The lowest BCUT2D eigenvalue weighted by Gasteiger charge is -2.13. The molecule has 0 aromatic heterocycles. The predicted octanol–water partition coefficient (Wildman–Crippen LogP) is 3.50. The highest BCUT2D eigenvalue weighted by Crippen LogP contribution is 2.18. The van der Waals surface area contributed by atoms with Gasteiger partial charge in [-0.2, -0.15) is 0 Å². The zero-order valence-corrected chi connectivity index (χ0v) is 14.3. The van der Waals surface area contributed by atoms with Gasteiger partial charge in [-0.25, -0.2) is 0 Å². The molecule has 2 aromatic carbocycles. The number of hydrogen-bond acceptors (Lipinski definition) is 3. The number of nitrogens with one attached hydrogen (secondary N) is 2. The molecule has 23 heavy (non-hydrogen) atoms. The minimum absolute atomic E-state index is 0.0834. The number of anilines is 1. The Morgan fingerprint density at radius 3 is 2.57 bits per heavy atom. The molecule has 0 aliphatic heterocycles. The monoisotopic (exact) mass is 328 g/mol. The summed E-state index contributed by atoms with van der Waals surface area (Å²) in [4.78, 5) is 11.9. The highest BCUT2D eigenvalue weighted by atomic mass is 32.1. The van der Waals surface area contributed by atoms with Crippen molar-refractivity contribution in [3.05, 3.63) is 59.2 Å². The van der Waals surface area contributed by atoms with Crippen LogP contribution in [0.1, 0.15) is 16.7 Å². The average molecular weight is 328 g/mol. The van der Waals surface area contributed by atoms with Crippen LogP contribution in [-0.2, 0) is 4.79 Å². The van der Waals surface area contributed by atoms with Gasteiger partial charge in [0.05, 0.1) is 0 Å². The van der Waals surface area contributed by atoms with E-state index in [9.17, 15) is 4.79 Å². The van der Waals surface area contributed by atoms with Crippen LogP contribution in [0.5, 0.6) is 5.75 Å². The molecular weight excluding hydrogens is 308 g/mol. The lowest BCUT2D eigenvalue weighted by molar-refractivity contribution is -0.121. The molecule has 1 amide bonds. The lowest BCUT2D eigenvalue weighted by Crippen LogP contribution is -2.37. The van der Waals surface area contributed by atoms with E-state index >= 15 is 0 Å². The van der Waals surface area contributed by atoms with Gasteiger partial charge in [-0.05, 0) is 61.8 Å². The van der Waals surface area contributed by atoms with E-state index in [4.69, 9.17) is 17.0 Å². The number of rotatable bonds is 4. The molecule has 2 rings (SSSR count). The van der Waals surface area contributed by atoms with Gasteiger partial charge in [-0.3, -0.25) is 10.1 Å². The molecule has 0 aliphatic carbocycles. The van der Waals surface area contributed by atoms with Gasteiger partial charge in [0.15, 0.2) is 11.7 Å². The van der Waals surface area contributed by atoms with E-state index in [0.29, 0.717) is 5.75 Å². The number of aryl methyl sites for hydroxylation is 3. The molecule has 0 saturated heterocycles. The van der Waals surface area contributed by atoms with Gasteiger partial charge in [-0.15, -0.1) is 0 Å². The largest absolute Gasteiger partial charge is 0.483 e. The summed E-state index contributed by atoms with van der Waals surface area (Å²) >= 11 is 5.15. The molecule has 2 aromatic rings. The maximum absolute atomic E-state index is 11.9. The van der Waals surface area contributed by atoms with Crippen LogP contribution in [-0.4, -0.2) is 17.6 Å². The minimum Gasteiger partial charge on any atom is -0.483 e. The molecule has 5 heteroatoms. The van der Waals surface area contributed by atoms with Crippen molar-refractivity contribution < 1.29 is 9.53 Å². The number of amides is 1. The summed E-state index contributed by atoms with van der Waals surface area (Å²) < 4.78 is 5.55. The number of benzene rings is 2. The normalized spacial score (nSPS) is 10.0. The summed E-state index contributed by atoms with van der Waals surface area (Å²) in [6.45, 7) is 5.81. The molecule has 0 heterocycles. The number of para-hydroxylation sites is 1. The second kappa shape index (κ2) is 7.74. The van der Waals surface area contributed by atoms with E-state index in [1.807, 2.05) is 63.2 Å². The SMILES string of the molecule is Cc1ccc(C)c(OCC(=O)NC(=S)Nc2ccccc2C)c1. The standard InChI is InChI=1S/C18H20N2O2S/c1-12-8-9-14(3)16(10-12)22-11-17(21)20-18(23)19-15-7-5-4-6-13(15)2/h4-10H,11H2,1-3H3,(H2,19,20,21,23). The molecule has 0 aliphatic rings. The Bertz CT molecular complexity index is 729. The Morgan fingerprint density at radius 2 is 1.83 bits per heavy atom. The van der Waals surface area contributed by atoms with Crippen molar-refractivity contribution in [1.29, 1.82) is 0 Å². The van der Waals surface area contributed by atoms with Gasteiger partial charge in [0.1, 0.15) is 5.75 Å². The summed E-state index contributed by atoms with van der Waals surface area (Å²) in [5, 5.41) is 5.88. The van der Waals surface area contributed by atoms with Crippen LogP contribution in [0.4, 0.5) is 5.69 Å². The first-order valence-electron chi connectivity index (χ1n) is 7.32. The van der Waals surface area contributed by atoms with Crippen LogP contribution in [0.3, 0.4) is 0 Å². The summed E-state index contributed by atoms with van der Waals surface area (Å²) in [6.07, 6.45) is 0. The Kier molecular flexibility index (Phi) is 5.71. The van der Waals surface area contributed by atoms with Crippen LogP contribution >= 0.6 is 12.2 Å². The topological polar surface area (TPSA) is 50.4 Å². The van der Waals surface area contributed by atoms with Crippen molar-refractivity contribution in [2.75, 3.05) is 11.9 Å². The predicted molar refractivity (Wildman–Crippen MR) is 97.0 cm³/mol. The van der Waals surface area contributed by atoms with Crippen LogP contribution < -0.4 is 15.4 Å². The molecule has 0 radical (unpaired) electrons. The Balaban J connectivity index is 1.86. The number of ether oxygens (including phenoxy) is 1. The lowest BCUT2D eigenvalue weighted by atomic mass is 10.1. The van der Waals surface area contributed by atoms with E-state index < -0.39 is 0 Å². The third-order valence-electron chi connectivity index (χ3n) is 3.35. The van der Waals surface area contributed by atoms with Gasteiger partial charge in [0, 0.05) is 5.69 Å². The molecule has 0 atom stereocenters. The Hall–Kier alpha value is -2.40. The first-order valence-corrected chi connectivity index (χ1v) is 7.73. The summed E-state index contributed by atoms with van der Waals surface area (Å²) in [7, 11) is 0. The summed E-state index contributed by atoms with van der Waals surface area (Å²) in [5.74, 6) is 0.412. The second-order valence-electron chi connectivity index (χ2n) is 5.37. The molecular formula is C18H20N2O2S. The van der Waals surface area contributed by atoms with Crippen molar-refractivity contribution in [3.63, 3.8) is 0 Å². The minimum atomic E-state index is -0.294. The van der Waals surface area contributed by atoms with Gasteiger partial charge in [-0.1, -0.05) is 30.3 Å². The first kappa shape index (κ1) is 17.0. The molecule has 120 valence electrons. The molecule has 0 bridgehead atoms. The summed E-state index contributed by atoms with van der Waals surface area (Å²) in [5.41, 5.74) is 4.00. The van der Waals surface area contributed by atoms with Crippen LogP contribution in [0, 0.1) is 20.8 Å². The van der Waals surface area contributed by atoms with E-state index in [2.05, 4.69) is 10.6 Å². The molecule has 2 N–H and O–H groups in total. The molecule has 4 nitrogen and oxygen atoms in total. The zero-order valence-electron chi connectivity index (χ0n) is 13.5. The number of carbonyl (C=O) groups excluding carboxylic acids is 1. The van der Waals surface area contributed by atoms with E-state index in [-0.39, 0.29) is 17.6 Å². The van der Waals surface area contributed by atoms with Gasteiger partial charge < -0.3 is 10.1 Å². The molecule has 0 saturated carbocycles. The maximum Gasteiger partial charge on any atom is 0.264 e. The highest BCUT2D eigenvalue weighted by Gasteiger charge is 2.08. The third kappa shape index (κ3) is 5.07. The van der Waals surface area contributed by atoms with Crippen LogP contribution in [0.2, 0.25) is 0 Å². The van der Waals surface area contributed by atoms with E-state index in [1.54, 1.807) is 0 Å². The fraction of sp³-hybridized carbons (Fsp3) is 0.222. The first-order chi connectivity index (χ1) is 11.0. The summed E-state index contributed by atoms with van der Waals surface area (Å²) in [6, 6.07) is 13.6. The number of carbonyl (C=O) groups is 1. The Morgan fingerprint density at radius 1 is 1.09 bits per heavy atom. The van der Waals surface area contributed by atoms with Crippen molar-refractivity contribution >= 4 is 28.9 Å². The Labute approximate surface area is 141 Å². The zero-order chi connectivity index (χ0) is 16.8. The van der Waals surface area contributed by atoms with Gasteiger partial charge >= 0.3 is 0 Å². The highest BCUT2D eigenvalue weighted by molar-refractivity contribution is 7.80. The maximum atomic E-state index is 11.9. The van der Waals surface area contributed by atoms with E-state index in [1.165, 1.54) is 0 Å². The average Bonchev–Trinajstić information content (AvgIpc) is 2.50. The van der Waals surface area contributed by atoms with Crippen LogP contribution in [0.15, 0.2) is 42.5 Å². The van der Waals surface area contributed by atoms with Crippen molar-refractivity contribution in [2.45, 2.75) is 20.8 Å². The van der Waals surface area contributed by atoms with Crippen LogP contribution in [0.25, 0.3) is 0 Å². The fourth-order valence-corrected chi connectivity index (χ4v) is 2.26. The molecule has 0 unspecified atom stereocenters. The van der Waals surface area contributed by atoms with Gasteiger partial charge in [0.2, 0.25) is 0 Å².